The van der Waals surface area contributed by atoms with Crippen molar-refractivity contribution in [1.29, 1.82) is 0 Å². The van der Waals surface area contributed by atoms with Crippen molar-refractivity contribution in [3.8, 4) is 0 Å². The van der Waals surface area contributed by atoms with Crippen LogP contribution in [0.1, 0.15) is 84.5 Å². The second-order valence-electron chi connectivity index (χ2n) is 5.02. The first kappa shape index (κ1) is 15.7. The molecule has 0 fully saturated rings. The van der Waals surface area contributed by atoms with E-state index >= 15 is 0 Å². The summed E-state index contributed by atoms with van der Waals surface area (Å²) in [5.74, 6) is 0.999. The molecule has 0 saturated heterocycles. The molecule has 1 atom stereocenters. The summed E-state index contributed by atoms with van der Waals surface area (Å²) in [5, 5.41) is 0. The van der Waals surface area contributed by atoms with E-state index in [2.05, 4.69) is 13.8 Å². The van der Waals surface area contributed by atoms with Crippen molar-refractivity contribution in [1.82, 2.24) is 0 Å². The van der Waals surface area contributed by atoms with Crippen LogP contribution in [0.3, 0.4) is 0 Å². The Bertz CT molecular complexity index is 137. The Hall–Kier alpha value is -0.260. The monoisotopic (exact) mass is 223 g/mol. The van der Waals surface area contributed by atoms with Gasteiger partial charge in [-0.15, -0.1) is 0 Å². The quantitative estimate of drug-likeness (QED) is 0.360. The van der Waals surface area contributed by atoms with Crippen LogP contribution in [-0.4, -0.2) is 0 Å². The summed E-state index contributed by atoms with van der Waals surface area (Å²) in [7, 11) is 0. The average Bonchev–Trinajstić information content (AvgIpc) is 2.29. The predicted octanol–water partition coefficient (Wildman–Crippen LogP) is 5.92. The van der Waals surface area contributed by atoms with Crippen LogP contribution in [-0.2, 0) is 0 Å². The Morgan fingerprint density at radius 2 is 1.50 bits per heavy atom. The lowest BCUT2D eigenvalue weighted by Gasteiger charge is -2.15. The highest BCUT2D eigenvalue weighted by Crippen LogP contribution is 2.22. The maximum absolute atomic E-state index is 5.37. The number of allylic oxidation sites excluding steroid dienone is 1. The van der Waals surface area contributed by atoms with Crippen molar-refractivity contribution in [3.63, 3.8) is 0 Å². The van der Waals surface area contributed by atoms with Gasteiger partial charge >= 0.3 is 0 Å². The molecule has 0 aliphatic heterocycles. The molecule has 1 unspecified atom stereocenters. The summed E-state index contributed by atoms with van der Waals surface area (Å²) >= 11 is 0. The zero-order valence-electron chi connectivity index (χ0n) is 11.5. The highest BCUT2D eigenvalue weighted by molar-refractivity contribution is 4.63. The van der Waals surface area contributed by atoms with Crippen molar-refractivity contribution in [3.05, 3.63) is 12.7 Å². The van der Waals surface area contributed by atoms with E-state index in [1.165, 1.54) is 64.2 Å². The lowest BCUT2D eigenvalue weighted by molar-refractivity contribution is 0.382. The lowest BCUT2D eigenvalue weighted by atomic mass is 9.91. The first-order chi connectivity index (χ1) is 7.85. The zero-order valence-corrected chi connectivity index (χ0v) is 11.5. The van der Waals surface area contributed by atoms with E-state index < -0.39 is 0 Å². The Balaban J connectivity index is 3.46. The molecule has 0 heterocycles. The minimum Gasteiger partial charge on any atom is -0.0845 e. The van der Waals surface area contributed by atoms with Crippen LogP contribution < -0.4 is 0 Å². The third kappa shape index (κ3) is 10.3. The molecule has 1 radical (unpaired) electrons. The number of hydrogen-bond acceptors (Lipinski definition) is 0. The largest absolute Gasteiger partial charge is 0.0845 e. The standard InChI is InChI=1S/C16H31/c1-4-7-9-10-12-15-16(13-6-3)14-11-8-5-2/h1,4,16H,5-15H2,2-3H3. The van der Waals surface area contributed by atoms with Gasteiger partial charge < -0.3 is 0 Å². The van der Waals surface area contributed by atoms with Crippen molar-refractivity contribution in [2.24, 2.45) is 5.92 Å². The van der Waals surface area contributed by atoms with Crippen molar-refractivity contribution >= 4 is 0 Å². The summed E-state index contributed by atoms with van der Waals surface area (Å²) in [6.07, 6.45) is 16.9. The summed E-state index contributed by atoms with van der Waals surface area (Å²) in [6.45, 7) is 9.98. The van der Waals surface area contributed by atoms with E-state index in [1.54, 1.807) is 6.08 Å². The summed E-state index contributed by atoms with van der Waals surface area (Å²) in [4.78, 5) is 0. The minimum absolute atomic E-state index is 0.999. The maximum Gasteiger partial charge on any atom is -0.0348 e. The van der Waals surface area contributed by atoms with Gasteiger partial charge in [0.2, 0.25) is 0 Å². The second-order valence-corrected chi connectivity index (χ2v) is 5.02. The molecule has 95 valence electrons. The van der Waals surface area contributed by atoms with E-state index in [-0.39, 0.29) is 0 Å². The van der Waals surface area contributed by atoms with E-state index in [9.17, 15) is 0 Å². The van der Waals surface area contributed by atoms with Crippen LogP contribution in [0.4, 0.5) is 0 Å². The Kier molecular flexibility index (Phi) is 12.6. The van der Waals surface area contributed by atoms with Crippen molar-refractivity contribution < 1.29 is 0 Å². The van der Waals surface area contributed by atoms with Gasteiger partial charge in [0, 0.05) is 0 Å². The van der Waals surface area contributed by atoms with Crippen LogP contribution in [0.25, 0.3) is 0 Å². The normalized spacial score (nSPS) is 12.6. The fourth-order valence-corrected chi connectivity index (χ4v) is 2.40. The van der Waals surface area contributed by atoms with Gasteiger partial charge in [0.25, 0.3) is 0 Å². The number of unbranched alkanes of at least 4 members (excludes halogenated alkanes) is 5. The smallest absolute Gasteiger partial charge is 0.0348 e. The molecular formula is C16H31. The third-order valence-electron chi connectivity index (χ3n) is 3.40. The molecule has 0 aromatic heterocycles. The van der Waals surface area contributed by atoms with Gasteiger partial charge in [-0.05, 0) is 18.8 Å². The molecule has 0 aromatic carbocycles. The first-order valence-corrected chi connectivity index (χ1v) is 7.38. The molecule has 0 amide bonds. The van der Waals surface area contributed by atoms with E-state index in [1.807, 2.05) is 0 Å². The third-order valence-corrected chi connectivity index (χ3v) is 3.40. The van der Waals surface area contributed by atoms with Gasteiger partial charge in [-0.1, -0.05) is 84.3 Å². The molecule has 0 aliphatic rings. The second kappa shape index (κ2) is 12.8. The highest BCUT2D eigenvalue weighted by atomic mass is 14.1. The van der Waals surface area contributed by atoms with Crippen molar-refractivity contribution in [2.75, 3.05) is 0 Å². The molecule has 0 saturated carbocycles. The van der Waals surface area contributed by atoms with Gasteiger partial charge in [0.15, 0.2) is 0 Å². The van der Waals surface area contributed by atoms with Gasteiger partial charge in [-0.2, -0.15) is 0 Å². The van der Waals surface area contributed by atoms with Gasteiger partial charge in [-0.25, -0.2) is 0 Å². The van der Waals surface area contributed by atoms with Crippen LogP contribution in [0.2, 0.25) is 0 Å². The Morgan fingerprint density at radius 1 is 0.812 bits per heavy atom. The highest BCUT2D eigenvalue weighted by Gasteiger charge is 2.06. The van der Waals surface area contributed by atoms with Gasteiger partial charge in [0.1, 0.15) is 0 Å². The van der Waals surface area contributed by atoms with Gasteiger partial charge in [0.05, 0.1) is 0 Å². The molecule has 0 rings (SSSR count). The first-order valence-electron chi connectivity index (χ1n) is 7.38. The lowest BCUT2D eigenvalue weighted by Crippen LogP contribution is -2.00. The molecule has 0 heteroatoms. The Morgan fingerprint density at radius 3 is 2.06 bits per heavy atom. The molecule has 0 bridgehead atoms. The summed E-state index contributed by atoms with van der Waals surface area (Å²) in [5.41, 5.74) is 0. The van der Waals surface area contributed by atoms with Crippen LogP contribution in [0, 0.1) is 12.5 Å². The molecule has 0 aromatic rings. The zero-order chi connectivity index (χ0) is 12.1. The van der Waals surface area contributed by atoms with E-state index in [0.717, 1.165) is 12.3 Å². The minimum atomic E-state index is 0.999. The molecule has 0 N–H and O–H groups in total. The fourth-order valence-electron chi connectivity index (χ4n) is 2.40. The summed E-state index contributed by atoms with van der Waals surface area (Å²) in [6, 6.07) is 0. The van der Waals surface area contributed by atoms with Crippen LogP contribution in [0.5, 0.6) is 0 Å². The molecule has 16 heavy (non-hydrogen) atoms. The van der Waals surface area contributed by atoms with Gasteiger partial charge in [-0.3, -0.25) is 0 Å². The van der Waals surface area contributed by atoms with Crippen molar-refractivity contribution in [2.45, 2.75) is 84.5 Å². The number of hydrogen-bond donors (Lipinski definition) is 0. The summed E-state index contributed by atoms with van der Waals surface area (Å²) < 4.78 is 0. The topological polar surface area (TPSA) is 0 Å². The average molecular weight is 223 g/mol. The number of rotatable bonds is 12. The Labute approximate surface area is 104 Å². The molecule has 0 spiro atoms. The molecule has 0 nitrogen and oxygen atoms in total. The van der Waals surface area contributed by atoms with Crippen LogP contribution >= 0.6 is 0 Å². The fraction of sp³-hybridized carbons (Fsp3) is 0.875. The van der Waals surface area contributed by atoms with E-state index in [0.29, 0.717) is 0 Å². The predicted molar refractivity (Wildman–Crippen MR) is 74.5 cm³/mol. The molecule has 0 aliphatic carbocycles. The van der Waals surface area contributed by atoms with Crippen LogP contribution in [0.15, 0.2) is 6.08 Å². The molecular weight excluding hydrogens is 192 g/mol. The van der Waals surface area contributed by atoms with E-state index in [4.69, 9.17) is 6.58 Å². The SMILES string of the molecule is [CH]=CCCCCCC(CCC)CCCCC. The maximum atomic E-state index is 5.37.